The van der Waals surface area contributed by atoms with Gasteiger partial charge in [0.15, 0.2) is 0 Å². The fourth-order valence-corrected chi connectivity index (χ4v) is 1.33. The molecule has 3 heteroatoms. The van der Waals surface area contributed by atoms with Gasteiger partial charge in [-0.05, 0) is 24.3 Å². The summed E-state index contributed by atoms with van der Waals surface area (Å²) in [5.41, 5.74) is 1.67. The van der Waals surface area contributed by atoms with Crippen molar-refractivity contribution in [3.8, 4) is 0 Å². The number of fused-ring (bicyclic) bond motifs is 1. The Kier molecular flexibility index (Phi) is 1.66. The summed E-state index contributed by atoms with van der Waals surface area (Å²) in [4.78, 5) is 13.9. The number of benzene rings is 1. The lowest BCUT2D eigenvalue weighted by Gasteiger charge is -1.93. The Morgan fingerprint density at radius 1 is 1.33 bits per heavy atom. The molecule has 2 rings (SSSR count). The van der Waals surface area contributed by atoms with E-state index in [1.54, 1.807) is 6.07 Å². The second-order valence-electron chi connectivity index (χ2n) is 2.58. The molecule has 0 saturated heterocycles. The van der Waals surface area contributed by atoms with Crippen molar-refractivity contribution in [2.24, 2.45) is 0 Å². The monoisotopic (exact) mass is 177 g/mol. The van der Waals surface area contributed by atoms with Crippen LogP contribution in [0.4, 0.5) is 0 Å². The van der Waals surface area contributed by atoms with Gasteiger partial charge in [0.2, 0.25) is 5.12 Å². The standard InChI is InChI=1S/C9H7NOS/c11-9(12)7-1-2-8-6(5-7)3-4-10-8/h1-5,10H,(H,11,12). The first-order valence-corrected chi connectivity index (χ1v) is 4.02. The molecule has 2 aromatic rings. The third kappa shape index (κ3) is 1.12. The van der Waals surface area contributed by atoms with Crippen molar-refractivity contribution in [1.82, 2.24) is 4.98 Å². The molecule has 0 bridgehead atoms. The summed E-state index contributed by atoms with van der Waals surface area (Å²) in [6, 6.07) is 7.38. The maximum atomic E-state index is 10.9. The minimum Gasteiger partial charge on any atom is -0.361 e. The van der Waals surface area contributed by atoms with E-state index in [9.17, 15) is 4.79 Å². The molecule has 1 aromatic carbocycles. The van der Waals surface area contributed by atoms with Gasteiger partial charge in [-0.15, -0.1) is 12.6 Å². The number of carbonyl (C=O) groups is 1. The minimum atomic E-state index is -0.196. The largest absolute Gasteiger partial charge is 0.361 e. The second kappa shape index (κ2) is 2.68. The van der Waals surface area contributed by atoms with Crippen LogP contribution in [0.2, 0.25) is 0 Å². The van der Waals surface area contributed by atoms with Crippen LogP contribution < -0.4 is 0 Å². The Balaban J connectivity index is 2.68. The first kappa shape index (κ1) is 7.43. The van der Waals surface area contributed by atoms with Crippen LogP contribution >= 0.6 is 12.6 Å². The molecule has 0 fully saturated rings. The predicted octanol–water partition coefficient (Wildman–Crippen LogP) is 2.24. The van der Waals surface area contributed by atoms with Gasteiger partial charge in [-0.2, -0.15) is 0 Å². The van der Waals surface area contributed by atoms with Gasteiger partial charge in [0.05, 0.1) is 0 Å². The highest BCUT2D eigenvalue weighted by Gasteiger charge is 2.00. The maximum Gasteiger partial charge on any atom is 0.216 e. The Morgan fingerprint density at radius 2 is 2.17 bits per heavy atom. The molecule has 0 aliphatic carbocycles. The molecule has 0 unspecified atom stereocenters. The smallest absolute Gasteiger partial charge is 0.216 e. The molecule has 0 saturated carbocycles. The molecule has 0 aliphatic heterocycles. The van der Waals surface area contributed by atoms with Gasteiger partial charge in [-0.1, -0.05) is 0 Å². The van der Waals surface area contributed by atoms with Crippen molar-refractivity contribution >= 4 is 28.6 Å². The predicted molar refractivity (Wildman–Crippen MR) is 51.6 cm³/mol. The van der Waals surface area contributed by atoms with E-state index in [2.05, 4.69) is 17.6 Å². The molecule has 2 nitrogen and oxygen atoms in total. The number of thiol groups is 1. The molecule has 0 radical (unpaired) electrons. The number of nitrogens with one attached hydrogen (secondary N) is 1. The number of carbonyl (C=O) groups excluding carboxylic acids is 1. The van der Waals surface area contributed by atoms with Crippen LogP contribution in [0.1, 0.15) is 10.4 Å². The van der Waals surface area contributed by atoms with Crippen LogP contribution in [0.25, 0.3) is 10.9 Å². The zero-order valence-electron chi connectivity index (χ0n) is 6.24. The van der Waals surface area contributed by atoms with Crippen LogP contribution in [-0.2, 0) is 0 Å². The molecule has 1 aromatic heterocycles. The van der Waals surface area contributed by atoms with Crippen molar-refractivity contribution in [1.29, 1.82) is 0 Å². The SMILES string of the molecule is O=C(S)c1ccc2[nH]ccc2c1. The molecular formula is C9H7NOS. The normalized spacial score (nSPS) is 10.4. The highest BCUT2D eigenvalue weighted by Crippen LogP contribution is 2.15. The number of rotatable bonds is 1. The van der Waals surface area contributed by atoms with Crippen LogP contribution in [0.5, 0.6) is 0 Å². The average molecular weight is 177 g/mol. The molecule has 0 amide bonds. The van der Waals surface area contributed by atoms with Gasteiger partial charge in [-0.3, -0.25) is 4.79 Å². The lowest BCUT2D eigenvalue weighted by molar-refractivity contribution is 0.109. The van der Waals surface area contributed by atoms with Crippen molar-refractivity contribution in [2.45, 2.75) is 0 Å². The number of aromatic amines is 1. The fourth-order valence-electron chi connectivity index (χ4n) is 1.19. The summed E-state index contributed by atoms with van der Waals surface area (Å²) in [5, 5.41) is 0.841. The molecule has 0 aliphatic rings. The Hall–Kier alpha value is -1.22. The summed E-state index contributed by atoms with van der Waals surface area (Å²) in [6.45, 7) is 0. The van der Waals surface area contributed by atoms with E-state index in [0.717, 1.165) is 10.9 Å². The van der Waals surface area contributed by atoms with E-state index in [1.807, 2.05) is 24.4 Å². The first-order valence-electron chi connectivity index (χ1n) is 3.58. The van der Waals surface area contributed by atoms with E-state index >= 15 is 0 Å². The lowest BCUT2D eigenvalue weighted by Crippen LogP contribution is -1.86. The van der Waals surface area contributed by atoms with Gasteiger partial charge < -0.3 is 4.98 Å². The summed E-state index contributed by atoms with van der Waals surface area (Å²) >= 11 is 3.74. The van der Waals surface area contributed by atoms with Crippen LogP contribution in [0.3, 0.4) is 0 Å². The number of H-pyrrole nitrogens is 1. The Bertz CT molecular complexity index is 433. The molecule has 0 spiro atoms. The van der Waals surface area contributed by atoms with E-state index in [4.69, 9.17) is 0 Å². The molecule has 60 valence electrons. The zero-order valence-corrected chi connectivity index (χ0v) is 7.14. The quantitative estimate of drug-likeness (QED) is 0.643. The highest BCUT2D eigenvalue weighted by molar-refractivity contribution is 7.97. The van der Waals surface area contributed by atoms with E-state index in [0.29, 0.717) is 5.56 Å². The number of hydrogen-bond donors (Lipinski definition) is 2. The van der Waals surface area contributed by atoms with Crippen molar-refractivity contribution < 1.29 is 4.79 Å². The molecule has 0 atom stereocenters. The number of hydrogen-bond acceptors (Lipinski definition) is 1. The third-order valence-electron chi connectivity index (χ3n) is 1.80. The van der Waals surface area contributed by atoms with Crippen molar-refractivity contribution in [3.05, 3.63) is 36.0 Å². The van der Waals surface area contributed by atoms with Gasteiger partial charge in [0.25, 0.3) is 0 Å². The van der Waals surface area contributed by atoms with E-state index in [-0.39, 0.29) is 5.12 Å². The summed E-state index contributed by atoms with van der Waals surface area (Å²) in [6.07, 6.45) is 1.84. The molecule has 12 heavy (non-hydrogen) atoms. The van der Waals surface area contributed by atoms with Gasteiger partial charge >= 0.3 is 0 Å². The van der Waals surface area contributed by atoms with Crippen molar-refractivity contribution in [2.75, 3.05) is 0 Å². The first-order chi connectivity index (χ1) is 5.77. The van der Waals surface area contributed by atoms with Crippen LogP contribution in [0, 0.1) is 0 Å². The third-order valence-corrected chi connectivity index (χ3v) is 2.06. The van der Waals surface area contributed by atoms with Gasteiger partial charge in [-0.25, -0.2) is 0 Å². The minimum absolute atomic E-state index is 0.196. The summed E-state index contributed by atoms with van der Waals surface area (Å²) in [5.74, 6) is 0. The second-order valence-corrected chi connectivity index (χ2v) is 2.99. The average Bonchev–Trinajstić information content (AvgIpc) is 2.49. The van der Waals surface area contributed by atoms with Gasteiger partial charge in [0, 0.05) is 22.7 Å². The highest BCUT2D eigenvalue weighted by atomic mass is 32.1. The summed E-state index contributed by atoms with van der Waals surface area (Å²) in [7, 11) is 0. The van der Waals surface area contributed by atoms with Crippen molar-refractivity contribution in [3.63, 3.8) is 0 Å². The van der Waals surface area contributed by atoms with Crippen LogP contribution in [-0.4, -0.2) is 10.1 Å². The Labute approximate surface area is 75.0 Å². The molecule has 1 N–H and O–H groups in total. The lowest BCUT2D eigenvalue weighted by atomic mass is 10.2. The maximum absolute atomic E-state index is 10.9. The molecular weight excluding hydrogens is 170 g/mol. The van der Waals surface area contributed by atoms with E-state index < -0.39 is 0 Å². The molecule has 1 heterocycles. The van der Waals surface area contributed by atoms with Crippen LogP contribution in [0.15, 0.2) is 30.5 Å². The Morgan fingerprint density at radius 3 is 2.92 bits per heavy atom. The van der Waals surface area contributed by atoms with E-state index in [1.165, 1.54) is 0 Å². The summed E-state index contributed by atoms with van der Waals surface area (Å²) < 4.78 is 0. The topological polar surface area (TPSA) is 32.9 Å². The fraction of sp³-hybridized carbons (Fsp3) is 0. The number of aromatic nitrogens is 1. The zero-order chi connectivity index (χ0) is 8.55. The van der Waals surface area contributed by atoms with Gasteiger partial charge in [0.1, 0.15) is 0 Å².